The molecule has 41 heavy (non-hydrogen) atoms. The van der Waals surface area contributed by atoms with Crippen molar-refractivity contribution in [2.45, 2.75) is 43.4 Å². The molecule has 0 radical (unpaired) electrons. The van der Waals surface area contributed by atoms with Crippen molar-refractivity contribution in [3.05, 3.63) is 47.7 Å². The van der Waals surface area contributed by atoms with Gasteiger partial charge < -0.3 is 24.0 Å². The molecule has 1 aliphatic carbocycles. The van der Waals surface area contributed by atoms with E-state index in [9.17, 15) is 13.2 Å². The van der Waals surface area contributed by atoms with Crippen LogP contribution in [-0.2, 0) is 24.9 Å². The van der Waals surface area contributed by atoms with E-state index in [0.29, 0.717) is 18.6 Å². The first-order valence-corrected chi connectivity index (χ1v) is 15.7. The van der Waals surface area contributed by atoms with Gasteiger partial charge >= 0.3 is 5.97 Å². The standard InChI is InChI=1S/C30H36N4O6S/c1-33(2)12-7-13-39-26-21(29(35)38-4)15-19(16-23(26)32-41(5,36)37)18-8-9-22-20(14-18)25-24(17-31-22)34(3)28-27(40-28)30(25)10-6-11-30/h8-9,14-17,27-28,32H,6-7,10-13H2,1-5H3. The van der Waals surface area contributed by atoms with E-state index in [-0.39, 0.29) is 34.7 Å². The molecule has 2 atom stereocenters. The molecule has 0 bridgehead atoms. The fourth-order valence-electron chi connectivity index (χ4n) is 6.37. The number of nitrogens with zero attached hydrogens (tertiary/aromatic N) is 3. The number of anilines is 2. The van der Waals surface area contributed by atoms with Gasteiger partial charge in [0.2, 0.25) is 10.0 Å². The van der Waals surface area contributed by atoms with Crippen LogP contribution in [-0.4, -0.2) is 84.3 Å². The molecule has 0 amide bonds. The number of rotatable bonds is 9. The van der Waals surface area contributed by atoms with Gasteiger partial charge in [-0.05, 0) is 74.3 Å². The van der Waals surface area contributed by atoms with Gasteiger partial charge in [0.25, 0.3) is 0 Å². The van der Waals surface area contributed by atoms with E-state index < -0.39 is 16.0 Å². The van der Waals surface area contributed by atoms with Crippen molar-refractivity contribution in [2.75, 3.05) is 57.3 Å². The van der Waals surface area contributed by atoms with Gasteiger partial charge in [-0.1, -0.05) is 12.5 Å². The number of carbonyl (C=O) groups is 1. The van der Waals surface area contributed by atoms with Gasteiger partial charge in [-0.2, -0.15) is 0 Å². The predicted octanol–water partition coefficient (Wildman–Crippen LogP) is 3.99. The number of nitrogens with one attached hydrogen (secondary N) is 1. The fourth-order valence-corrected chi connectivity index (χ4v) is 6.92. The average Bonchev–Trinajstić information content (AvgIpc) is 3.70. The molecule has 10 nitrogen and oxygen atoms in total. The molecule has 1 saturated carbocycles. The number of aromatic nitrogens is 1. The predicted molar refractivity (Wildman–Crippen MR) is 158 cm³/mol. The molecule has 6 rings (SSSR count). The van der Waals surface area contributed by atoms with Crippen molar-refractivity contribution in [3.8, 4) is 16.9 Å². The normalized spacial score (nSPS) is 20.4. The Morgan fingerprint density at radius 3 is 2.66 bits per heavy atom. The van der Waals surface area contributed by atoms with Crippen LogP contribution in [0.15, 0.2) is 36.5 Å². The highest BCUT2D eigenvalue weighted by atomic mass is 32.2. The third-order valence-electron chi connectivity index (χ3n) is 8.49. The molecule has 2 aromatic carbocycles. The minimum atomic E-state index is -3.68. The van der Waals surface area contributed by atoms with E-state index in [1.165, 1.54) is 12.7 Å². The van der Waals surface area contributed by atoms with Crippen LogP contribution in [0.25, 0.3) is 22.0 Å². The molecule has 3 heterocycles. The second kappa shape index (κ2) is 10.1. The number of hydrogen-bond donors (Lipinski definition) is 1. The van der Waals surface area contributed by atoms with Crippen molar-refractivity contribution < 1.29 is 27.4 Å². The maximum absolute atomic E-state index is 13.0. The number of benzene rings is 2. The van der Waals surface area contributed by atoms with Crippen LogP contribution in [0.3, 0.4) is 0 Å². The van der Waals surface area contributed by atoms with Crippen molar-refractivity contribution in [3.63, 3.8) is 0 Å². The van der Waals surface area contributed by atoms with Gasteiger partial charge in [0.05, 0.1) is 43.1 Å². The van der Waals surface area contributed by atoms with Gasteiger partial charge in [0.1, 0.15) is 11.7 Å². The summed E-state index contributed by atoms with van der Waals surface area (Å²) in [6, 6.07) is 9.43. The summed E-state index contributed by atoms with van der Waals surface area (Å²) < 4.78 is 44.5. The van der Waals surface area contributed by atoms with Crippen molar-refractivity contribution in [1.29, 1.82) is 0 Å². The highest BCUT2D eigenvalue weighted by Crippen LogP contribution is 2.61. The molecule has 218 valence electrons. The molecule has 2 unspecified atom stereocenters. The van der Waals surface area contributed by atoms with Crippen LogP contribution in [0, 0.1) is 0 Å². The third kappa shape index (κ3) is 4.89. The number of methoxy groups -OCH3 is 1. The number of hydrogen-bond acceptors (Lipinski definition) is 9. The number of likely N-dealkylation sites (N-methyl/N-ethyl adjacent to an activating group) is 1. The molecule has 1 aromatic heterocycles. The number of epoxide rings is 1. The summed E-state index contributed by atoms with van der Waals surface area (Å²) in [5.74, 6) is -0.464. The van der Waals surface area contributed by atoms with Crippen LogP contribution in [0.2, 0.25) is 0 Å². The number of pyridine rings is 1. The lowest BCUT2D eigenvalue weighted by molar-refractivity contribution is 0.0596. The summed E-state index contributed by atoms with van der Waals surface area (Å²) in [7, 11) is 3.59. The Kier molecular flexibility index (Phi) is 6.87. The minimum Gasteiger partial charge on any atom is -0.490 e. The fraction of sp³-hybridized carbons (Fsp3) is 0.467. The zero-order valence-electron chi connectivity index (χ0n) is 24.1. The SMILES string of the molecule is COC(=O)c1cc(-c2ccc3ncc4c(c3c2)C2(CCC2)C2OC2N4C)cc(NS(C)(=O)=O)c1OCCCN(C)C. The summed E-state index contributed by atoms with van der Waals surface area (Å²) in [5, 5.41) is 1.04. The lowest BCUT2D eigenvalue weighted by Gasteiger charge is -2.46. The van der Waals surface area contributed by atoms with Crippen LogP contribution in [0.5, 0.6) is 5.75 Å². The summed E-state index contributed by atoms with van der Waals surface area (Å²) in [4.78, 5) is 21.9. The Bertz CT molecular complexity index is 1640. The lowest BCUT2D eigenvalue weighted by Crippen LogP contribution is -2.47. The van der Waals surface area contributed by atoms with Gasteiger partial charge in [0.15, 0.2) is 12.0 Å². The summed E-state index contributed by atoms with van der Waals surface area (Å²) in [5.41, 5.74) is 5.04. The Balaban J connectivity index is 1.49. The molecule has 3 aliphatic rings. The van der Waals surface area contributed by atoms with E-state index in [1.807, 2.05) is 37.3 Å². The summed E-state index contributed by atoms with van der Waals surface area (Å²) in [6.45, 7) is 1.08. The summed E-state index contributed by atoms with van der Waals surface area (Å²) >= 11 is 0. The summed E-state index contributed by atoms with van der Waals surface area (Å²) in [6.07, 6.45) is 7.31. The smallest absolute Gasteiger partial charge is 0.341 e. The second-order valence-corrected chi connectivity index (χ2v) is 13.3. The first-order chi connectivity index (χ1) is 19.5. The quantitative estimate of drug-likeness (QED) is 0.228. The maximum Gasteiger partial charge on any atom is 0.341 e. The number of esters is 1. The largest absolute Gasteiger partial charge is 0.490 e. The first-order valence-electron chi connectivity index (χ1n) is 13.9. The minimum absolute atomic E-state index is 0.0171. The van der Waals surface area contributed by atoms with Crippen LogP contribution < -0.4 is 14.4 Å². The monoisotopic (exact) mass is 580 g/mol. The first kappa shape index (κ1) is 27.7. The molecule has 1 saturated heterocycles. The highest BCUT2D eigenvalue weighted by molar-refractivity contribution is 7.92. The average molecular weight is 581 g/mol. The Morgan fingerprint density at radius 1 is 1.22 bits per heavy atom. The Hall–Kier alpha value is -3.41. The topological polar surface area (TPSA) is 114 Å². The molecule has 2 fully saturated rings. The highest BCUT2D eigenvalue weighted by Gasteiger charge is 2.64. The lowest BCUT2D eigenvalue weighted by atomic mass is 9.59. The van der Waals surface area contributed by atoms with E-state index in [4.69, 9.17) is 19.2 Å². The zero-order valence-corrected chi connectivity index (χ0v) is 24.9. The number of ether oxygens (including phenoxy) is 3. The van der Waals surface area contributed by atoms with E-state index in [2.05, 4.69) is 22.7 Å². The maximum atomic E-state index is 13.0. The number of carbonyl (C=O) groups excluding carboxylic acids is 1. The van der Waals surface area contributed by atoms with Crippen LogP contribution in [0.4, 0.5) is 11.4 Å². The van der Waals surface area contributed by atoms with E-state index >= 15 is 0 Å². The molecule has 11 heteroatoms. The molecular formula is C30H36N4O6S. The van der Waals surface area contributed by atoms with Gasteiger partial charge in [-0.15, -0.1) is 0 Å². The van der Waals surface area contributed by atoms with Gasteiger partial charge in [0, 0.05) is 24.4 Å². The van der Waals surface area contributed by atoms with Gasteiger partial charge in [-0.25, -0.2) is 13.2 Å². The molecule has 2 aliphatic heterocycles. The van der Waals surface area contributed by atoms with E-state index in [0.717, 1.165) is 54.2 Å². The van der Waals surface area contributed by atoms with Gasteiger partial charge in [-0.3, -0.25) is 9.71 Å². The van der Waals surface area contributed by atoms with Crippen molar-refractivity contribution >= 4 is 38.3 Å². The molecule has 3 aromatic rings. The van der Waals surface area contributed by atoms with Crippen molar-refractivity contribution in [2.24, 2.45) is 0 Å². The van der Waals surface area contributed by atoms with Crippen LogP contribution in [0.1, 0.15) is 41.6 Å². The van der Waals surface area contributed by atoms with Crippen LogP contribution >= 0.6 is 0 Å². The Labute approximate surface area is 240 Å². The zero-order chi connectivity index (χ0) is 29.1. The third-order valence-corrected chi connectivity index (χ3v) is 9.08. The Morgan fingerprint density at radius 2 is 2.00 bits per heavy atom. The molecule has 1 N–H and O–H groups in total. The second-order valence-electron chi connectivity index (χ2n) is 11.6. The number of sulfonamides is 1. The number of fused-ring (bicyclic) bond motifs is 6. The van der Waals surface area contributed by atoms with Crippen molar-refractivity contribution in [1.82, 2.24) is 9.88 Å². The molecular weight excluding hydrogens is 544 g/mol. The molecule has 1 spiro atoms. The van der Waals surface area contributed by atoms with E-state index in [1.54, 1.807) is 12.1 Å².